The molecule has 8 nitrogen and oxygen atoms in total. The zero-order valence-electron chi connectivity index (χ0n) is 13.7. The highest BCUT2D eigenvalue weighted by molar-refractivity contribution is 6.08. The Labute approximate surface area is 143 Å². The van der Waals surface area contributed by atoms with Gasteiger partial charge in [0.1, 0.15) is 0 Å². The van der Waals surface area contributed by atoms with E-state index in [2.05, 4.69) is 0 Å². The summed E-state index contributed by atoms with van der Waals surface area (Å²) in [6.07, 6.45) is 1.55. The van der Waals surface area contributed by atoms with Crippen LogP contribution in [0.2, 0.25) is 0 Å². The predicted octanol–water partition coefficient (Wildman–Crippen LogP) is 2.06. The third-order valence-electron chi connectivity index (χ3n) is 4.53. The van der Waals surface area contributed by atoms with Gasteiger partial charge >= 0.3 is 0 Å². The number of benzene rings is 1. The molecule has 1 aromatic carbocycles. The number of nitro groups is 1. The lowest BCUT2D eigenvalue weighted by Crippen LogP contribution is -2.37. The highest BCUT2D eigenvalue weighted by Gasteiger charge is 2.43. The minimum absolute atomic E-state index is 0.0110. The van der Waals surface area contributed by atoms with Gasteiger partial charge in [-0.25, -0.2) is 0 Å². The minimum Gasteiger partial charge on any atom is -0.503 e. The minimum atomic E-state index is -0.769. The molecule has 2 aliphatic heterocycles. The van der Waals surface area contributed by atoms with Gasteiger partial charge in [0.25, 0.3) is 11.6 Å². The number of aliphatic hydroxyl groups excluding tert-OH is 1. The van der Waals surface area contributed by atoms with Crippen LogP contribution in [0.25, 0.3) is 0 Å². The number of carbonyl (C=O) groups excluding carboxylic acids is 2. The summed E-state index contributed by atoms with van der Waals surface area (Å²) in [6.45, 7) is 2.15. The molecule has 8 heteroatoms. The molecule has 0 aliphatic carbocycles. The second-order valence-electron chi connectivity index (χ2n) is 6.16. The van der Waals surface area contributed by atoms with Crippen molar-refractivity contribution in [1.29, 1.82) is 0 Å². The number of nitrogens with zero attached hydrogens (tertiary/aromatic N) is 2. The molecule has 2 atom stereocenters. The fourth-order valence-electron chi connectivity index (χ4n) is 3.33. The Morgan fingerprint density at radius 3 is 2.60 bits per heavy atom. The molecule has 1 amide bonds. The fraction of sp³-hybridized carbons (Fsp3) is 0.412. The Morgan fingerprint density at radius 2 is 2.08 bits per heavy atom. The molecule has 0 unspecified atom stereocenters. The number of hydrogen-bond acceptors (Lipinski definition) is 6. The van der Waals surface area contributed by atoms with Crippen molar-refractivity contribution >= 4 is 17.4 Å². The first-order valence-corrected chi connectivity index (χ1v) is 8.01. The van der Waals surface area contributed by atoms with Crippen molar-refractivity contribution in [3.8, 4) is 0 Å². The van der Waals surface area contributed by atoms with Crippen LogP contribution in [0.1, 0.15) is 31.4 Å². The quantitative estimate of drug-likeness (QED) is 0.645. The average molecular weight is 346 g/mol. The van der Waals surface area contributed by atoms with Crippen molar-refractivity contribution in [3.05, 3.63) is 51.3 Å². The van der Waals surface area contributed by atoms with Gasteiger partial charge in [0.2, 0.25) is 0 Å². The van der Waals surface area contributed by atoms with Gasteiger partial charge < -0.3 is 14.7 Å². The topological polar surface area (TPSA) is 110 Å². The van der Waals surface area contributed by atoms with Gasteiger partial charge in [-0.3, -0.25) is 19.7 Å². The van der Waals surface area contributed by atoms with Crippen LogP contribution in [0.15, 0.2) is 35.6 Å². The van der Waals surface area contributed by atoms with E-state index in [1.54, 1.807) is 0 Å². The normalized spacial score (nSPS) is 23.4. The maximum absolute atomic E-state index is 12.5. The number of hydrogen-bond donors (Lipinski definition) is 1. The van der Waals surface area contributed by atoms with Crippen LogP contribution >= 0.6 is 0 Å². The Morgan fingerprint density at radius 1 is 1.40 bits per heavy atom. The maximum Gasteiger partial charge on any atom is 0.290 e. The van der Waals surface area contributed by atoms with E-state index in [1.807, 2.05) is 0 Å². The zero-order valence-corrected chi connectivity index (χ0v) is 13.7. The lowest BCUT2D eigenvalue weighted by Gasteiger charge is -2.28. The van der Waals surface area contributed by atoms with Crippen molar-refractivity contribution in [2.75, 3.05) is 13.2 Å². The van der Waals surface area contributed by atoms with Crippen LogP contribution in [0, 0.1) is 10.1 Å². The highest BCUT2D eigenvalue weighted by atomic mass is 16.6. The van der Waals surface area contributed by atoms with Gasteiger partial charge in [0, 0.05) is 25.3 Å². The maximum atomic E-state index is 12.5. The Kier molecular flexibility index (Phi) is 4.54. The number of amides is 1. The van der Waals surface area contributed by atoms with Gasteiger partial charge in [0.05, 0.1) is 22.6 Å². The SMILES string of the molecule is CC(=O)C1=C(O)C(=O)N(C[C@@H]2CCCO2)[C@H]1c1ccc([N+](=O)[O-])cc1. The summed E-state index contributed by atoms with van der Waals surface area (Å²) in [7, 11) is 0. The lowest BCUT2D eigenvalue weighted by molar-refractivity contribution is -0.384. The second kappa shape index (κ2) is 6.64. The molecule has 25 heavy (non-hydrogen) atoms. The van der Waals surface area contributed by atoms with E-state index in [1.165, 1.54) is 36.1 Å². The number of nitro benzene ring substituents is 1. The van der Waals surface area contributed by atoms with Gasteiger partial charge in [-0.2, -0.15) is 0 Å². The van der Waals surface area contributed by atoms with Gasteiger partial charge in [0.15, 0.2) is 11.5 Å². The average Bonchev–Trinajstić information content (AvgIpc) is 3.17. The molecule has 0 spiro atoms. The second-order valence-corrected chi connectivity index (χ2v) is 6.16. The molecule has 0 aromatic heterocycles. The van der Waals surface area contributed by atoms with Crippen molar-refractivity contribution in [2.45, 2.75) is 31.9 Å². The van der Waals surface area contributed by atoms with E-state index < -0.39 is 28.4 Å². The van der Waals surface area contributed by atoms with Gasteiger partial charge in [-0.1, -0.05) is 0 Å². The van der Waals surface area contributed by atoms with E-state index in [9.17, 15) is 24.8 Å². The molecule has 1 fully saturated rings. The zero-order chi connectivity index (χ0) is 18.1. The van der Waals surface area contributed by atoms with Crippen LogP contribution in [0.4, 0.5) is 5.69 Å². The van der Waals surface area contributed by atoms with E-state index in [-0.39, 0.29) is 23.9 Å². The number of ether oxygens (including phenoxy) is 1. The standard InChI is InChI=1S/C17H18N2O6/c1-10(20)14-15(11-4-6-12(7-5-11)19(23)24)18(17(22)16(14)21)9-13-3-2-8-25-13/h4-7,13,15,21H,2-3,8-9H2,1H3/t13-,15-/m0/s1. The summed E-state index contributed by atoms with van der Waals surface area (Å²) >= 11 is 0. The fourth-order valence-corrected chi connectivity index (χ4v) is 3.33. The van der Waals surface area contributed by atoms with Crippen molar-refractivity contribution in [1.82, 2.24) is 4.90 Å². The molecule has 132 valence electrons. The molecular formula is C17H18N2O6. The van der Waals surface area contributed by atoms with E-state index in [0.29, 0.717) is 12.2 Å². The third-order valence-corrected chi connectivity index (χ3v) is 4.53. The Hall–Kier alpha value is -2.74. The number of ketones is 1. The van der Waals surface area contributed by atoms with Crippen LogP contribution in [0.5, 0.6) is 0 Å². The number of carbonyl (C=O) groups is 2. The van der Waals surface area contributed by atoms with Gasteiger partial charge in [-0.05, 0) is 37.5 Å². The summed E-state index contributed by atoms with van der Waals surface area (Å²) in [5.41, 5.74) is 0.458. The number of non-ortho nitro benzene ring substituents is 1. The number of aliphatic hydroxyl groups is 1. The Balaban J connectivity index is 1.97. The first-order chi connectivity index (χ1) is 11.9. The first kappa shape index (κ1) is 17.1. The molecule has 1 aromatic rings. The molecule has 0 radical (unpaired) electrons. The molecule has 1 N–H and O–H groups in total. The van der Waals surface area contributed by atoms with Crippen LogP contribution in [0.3, 0.4) is 0 Å². The summed E-state index contributed by atoms with van der Waals surface area (Å²) in [4.78, 5) is 36.2. The summed E-state index contributed by atoms with van der Waals surface area (Å²) < 4.78 is 5.56. The number of Topliss-reactive ketones (excluding diaryl/α,β-unsaturated/α-hetero) is 1. The molecular weight excluding hydrogens is 328 g/mol. The van der Waals surface area contributed by atoms with Crippen LogP contribution in [-0.2, 0) is 14.3 Å². The van der Waals surface area contributed by atoms with Crippen LogP contribution < -0.4 is 0 Å². The number of rotatable bonds is 5. The summed E-state index contributed by atoms with van der Waals surface area (Å²) in [5, 5.41) is 21.0. The van der Waals surface area contributed by atoms with Crippen molar-refractivity contribution in [2.24, 2.45) is 0 Å². The molecule has 0 bridgehead atoms. The smallest absolute Gasteiger partial charge is 0.290 e. The van der Waals surface area contributed by atoms with Crippen molar-refractivity contribution in [3.63, 3.8) is 0 Å². The largest absolute Gasteiger partial charge is 0.503 e. The summed E-state index contributed by atoms with van der Waals surface area (Å²) in [6, 6.07) is 4.87. The molecule has 3 rings (SSSR count). The van der Waals surface area contributed by atoms with E-state index in [4.69, 9.17) is 4.74 Å². The Bertz CT molecular complexity index is 749. The monoisotopic (exact) mass is 346 g/mol. The molecule has 2 heterocycles. The third kappa shape index (κ3) is 3.12. The highest BCUT2D eigenvalue weighted by Crippen LogP contribution is 2.38. The summed E-state index contributed by atoms with van der Waals surface area (Å²) in [5.74, 6) is -1.60. The lowest BCUT2D eigenvalue weighted by atomic mass is 9.96. The molecule has 1 saturated heterocycles. The van der Waals surface area contributed by atoms with Crippen molar-refractivity contribution < 1.29 is 24.4 Å². The van der Waals surface area contributed by atoms with Crippen LogP contribution in [-0.4, -0.2) is 45.9 Å². The molecule has 2 aliphatic rings. The van der Waals surface area contributed by atoms with Gasteiger partial charge in [-0.15, -0.1) is 0 Å². The van der Waals surface area contributed by atoms with E-state index >= 15 is 0 Å². The van der Waals surface area contributed by atoms with E-state index in [0.717, 1.165) is 12.8 Å². The predicted molar refractivity (Wildman–Crippen MR) is 86.9 cm³/mol. The first-order valence-electron chi connectivity index (χ1n) is 8.01. The molecule has 0 saturated carbocycles.